The molecule has 1 aliphatic heterocycles. The van der Waals surface area contributed by atoms with Gasteiger partial charge in [0.05, 0.1) is 0 Å². The SMILES string of the molecule is I.c1ccc2[nH]c(CCNC3=NCCCN3)cc2c1. The van der Waals surface area contributed by atoms with Crippen molar-refractivity contribution in [3.63, 3.8) is 0 Å². The summed E-state index contributed by atoms with van der Waals surface area (Å²) in [6.45, 7) is 2.86. The second kappa shape index (κ2) is 6.79. The Morgan fingerprint density at radius 3 is 2.95 bits per heavy atom. The first kappa shape index (κ1) is 14.2. The number of aromatic nitrogens is 1. The van der Waals surface area contributed by atoms with Crippen LogP contribution >= 0.6 is 24.0 Å². The summed E-state index contributed by atoms with van der Waals surface area (Å²) in [7, 11) is 0. The van der Waals surface area contributed by atoms with Crippen LogP contribution in [0.25, 0.3) is 10.9 Å². The molecule has 5 heteroatoms. The van der Waals surface area contributed by atoms with Crippen LogP contribution in [0.4, 0.5) is 0 Å². The molecule has 2 heterocycles. The molecule has 1 aromatic heterocycles. The molecule has 0 unspecified atom stereocenters. The van der Waals surface area contributed by atoms with Crippen molar-refractivity contribution in [2.45, 2.75) is 12.8 Å². The highest BCUT2D eigenvalue weighted by Crippen LogP contribution is 2.14. The van der Waals surface area contributed by atoms with Crippen LogP contribution in [0.5, 0.6) is 0 Å². The second-order valence-electron chi connectivity index (χ2n) is 4.57. The van der Waals surface area contributed by atoms with Crippen molar-refractivity contribution < 1.29 is 0 Å². The summed E-state index contributed by atoms with van der Waals surface area (Å²) in [5.41, 5.74) is 2.47. The molecule has 0 radical (unpaired) electrons. The fourth-order valence-corrected chi connectivity index (χ4v) is 2.23. The van der Waals surface area contributed by atoms with Crippen molar-refractivity contribution >= 4 is 40.8 Å². The zero-order valence-electron chi connectivity index (χ0n) is 10.8. The Hall–Kier alpha value is -1.24. The third-order valence-corrected chi connectivity index (χ3v) is 3.17. The molecule has 4 nitrogen and oxygen atoms in total. The molecule has 0 aliphatic carbocycles. The highest BCUT2D eigenvalue weighted by molar-refractivity contribution is 14.0. The normalized spacial score (nSPS) is 14.4. The molecule has 1 aliphatic rings. The summed E-state index contributed by atoms with van der Waals surface area (Å²) in [4.78, 5) is 7.82. The molecule has 2 aromatic rings. The summed E-state index contributed by atoms with van der Waals surface area (Å²) >= 11 is 0. The van der Waals surface area contributed by atoms with Crippen molar-refractivity contribution in [1.82, 2.24) is 15.6 Å². The molecule has 0 bridgehead atoms. The van der Waals surface area contributed by atoms with Gasteiger partial charge < -0.3 is 15.6 Å². The summed E-state index contributed by atoms with van der Waals surface area (Å²) in [5, 5.41) is 7.87. The Labute approximate surface area is 130 Å². The van der Waals surface area contributed by atoms with Crippen LogP contribution < -0.4 is 10.6 Å². The van der Waals surface area contributed by atoms with E-state index in [0.717, 1.165) is 38.4 Å². The van der Waals surface area contributed by atoms with E-state index < -0.39 is 0 Å². The molecule has 1 aromatic carbocycles. The Morgan fingerprint density at radius 1 is 1.26 bits per heavy atom. The first-order valence-electron chi connectivity index (χ1n) is 6.51. The number of para-hydroxylation sites is 1. The lowest BCUT2D eigenvalue weighted by atomic mass is 10.2. The van der Waals surface area contributed by atoms with Gasteiger partial charge in [0.15, 0.2) is 5.96 Å². The molecular formula is C14H19IN4. The van der Waals surface area contributed by atoms with Gasteiger partial charge in [0.1, 0.15) is 0 Å². The van der Waals surface area contributed by atoms with Crippen molar-refractivity contribution in [2.24, 2.45) is 4.99 Å². The van der Waals surface area contributed by atoms with E-state index in [9.17, 15) is 0 Å². The summed E-state index contributed by atoms with van der Waals surface area (Å²) in [6.07, 6.45) is 2.11. The quantitative estimate of drug-likeness (QED) is 0.727. The topological polar surface area (TPSA) is 52.2 Å². The smallest absolute Gasteiger partial charge is 0.191 e. The Kier molecular flexibility index (Phi) is 5.07. The molecule has 0 saturated heterocycles. The average Bonchev–Trinajstić information content (AvgIpc) is 2.82. The molecule has 102 valence electrons. The zero-order valence-corrected chi connectivity index (χ0v) is 13.1. The van der Waals surface area contributed by atoms with Crippen molar-refractivity contribution in [2.75, 3.05) is 19.6 Å². The molecule has 3 rings (SSSR count). The lowest BCUT2D eigenvalue weighted by Gasteiger charge is -2.15. The van der Waals surface area contributed by atoms with Gasteiger partial charge in [0.25, 0.3) is 0 Å². The number of rotatable bonds is 3. The highest BCUT2D eigenvalue weighted by atomic mass is 127. The number of nitrogens with zero attached hydrogens (tertiary/aromatic N) is 1. The number of aromatic amines is 1. The fraction of sp³-hybridized carbons (Fsp3) is 0.357. The number of aliphatic imine (C=N–C) groups is 1. The molecule has 0 amide bonds. The maximum atomic E-state index is 4.39. The largest absolute Gasteiger partial charge is 0.358 e. The number of benzene rings is 1. The van der Waals surface area contributed by atoms with Crippen molar-refractivity contribution in [3.8, 4) is 0 Å². The maximum Gasteiger partial charge on any atom is 0.191 e. The van der Waals surface area contributed by atoms with Crippen LogP contribution in [-0.4, -0.2) is 30.6 Å². The summed E-state index contributed by atoms with van der Waals surface area (Å²) < 4.78 is 0. The third kappa shape index (κ3) is 3.62. The van der Waals surface area contributed by atoms with Crippen LogP contribution in [0.3, 0.4) is 0 Å². The number of H-pyrrole nitrogens is 1. The van der Waals surface area contributed by atoms with E-state index >= 15 is 0 Å². The predicted molar refractivity (Wildman–Crippen MR) is 90.3 cm³/mol. The van der Waals surface area contributed by atoms with Gasteiger partial charge in [-0.05, 0) is 23.9 Å². The first-order chi connectivity index (χ1) is 8.92. The molecule has 3 N–H and O–H groups in total. The minimum absolute atomic E-state index is 0. The van der Waals surface area contributed by atoms with Crippen LogP contribution in [0.1, 0.15) is 12.1 Å². The van der Waals surface area contributed by atoms with Gasteiger partial charge in [-0.2, -0.15) is 0 Å². The van der Waals surface area contributed by atoms with E-state index in [1.807, 2.05) is 0 Å². The number of guanidine groups is 1. The number of fused-ring (bicyclic) bond motifs is 1. The molecule has 0 fully saturated rings. The predicted octanol–water partition coefficient (Wildman–Crippen LogP) is 2.27. The van der Waals surface area contributed by atoms with Gasteiger partial charge in [-0.15, -0.1) is 24.0 Å². The summed E-state index contributed by atoms with van der Waals surface area (Å²) in [6, 6.07) is 10.6. The van der Waals surface area contributed by atoms with E-state index in [2.05, 4.69) is 50.9 Å². The first-order valence-corrected chi connectivity index (χ1v) is 6.51. The lowest BCUT2D eigenvalue weighted by molar-refractivity contribution is 0.699. The Morgan fingerprint density at radius 2 is 2.16 bits per heavy atom. The summed E-state index contributed by atoms with van der Waals surface area (Å²) in [5.74, 6) is 0.942. The van der Waals surface area contributed by atoms with E-state index in [4.69, 9.17) is 0 Å². The number of halogens is 1. The molecule has 0 saturated carbocycles. The Balaban J connectivity index is 0.00000133. The standard InChI is InChI=1S/C14H18N4.HI/c1-2-5-13-11(4-1)10-12(18-13)6-9-17-14-15-7-3-8-16-14;/h1-2,4-5,10,18H,3,6-9H2,(H2,15,16,17);1H. The van der Waals surface area contributed by atoms with E-state index in [0.29, 0.717) is 0 Å². The lowest BCUT2D eigenvalue weighted by Crippen LogP contribution is -2.41. The van der Waals surface area contributed by atoms with E-state index in [-0.39, 0.29) is 24.0 Å². The Bertz CT molecular complexity index is 528. The van der Waals surface area contributed by atoms with Crippen molar-refractivity contribution in [1.29, 1.82) is 0 Å². The monoisotopic (exact) mass is 370 g/mol. The van der Waals surface area contributed by atoms with Gasteiger partial charge in [0, 0.05) is 37.3 Å². The average molecular weight is 370 g/mol. The fourth-order valence-electron chi connectivity index (χ4n) is 2.23. The van der Waals surface area contributed by atoms with Gasteiger partial charge in [-0.1, -0.05) is 18.2 Å². The number of nitrogens with one attached hydrogen (secondary N) is 3. The maximum absolute atomic E-state index is 4.39. The van der Waals surface area contributed by atoms with Crippen LogP contribution in [0, 0.1) is 0 Å². The highest BCUT2D eigenvalue weighted by Gasteiger charge is 2.03. The second-order valence-corrected chi connectivity index (χ2v) is 4.57. The molecule has 0 atom stereocenters. The van der Waals surface area contributed by atoms with Gasteiger partial charge in [0.2, 0.25) is 0 Å². The van der Waals surface area contributed by atoms with E-state index in [1.54, 1.807) is 0 Å². The zero-order chi connectivity index (χ0) is 12.2. The van der Waals surface area contributed by atoms with Gasteiger partial charge >= 0.3 is 0 Å². The van der Waals surface area contributed by atoms with E-state index in [1.165, 1.54) is 16.6 Å². The van der Waals surface area contributed by atoms with Crippen molar-refractivity contribution in [3.05, 3.63) is 36.0 Å². The van der Waals surface area contributed by atoms with Crippen LogP contribution in [0.15, 0.2) is 35.3 Å². The van der Waals surface area contributed by atoms with Gasteiger partial charge in [-0.3, -0.25) is 4.99 Å². The van der Waals surface area contributed by atoms with Gasteiger partial charge in [-0.25, -0.2) is 0 Å². The van der Waals surface area contributed by atoms with Crippen LogP contribution in [0.2, 0.25) is 0 Å². The van der Waals surface area contributed by atoms with Crippen LogP contribution in [-0.2, 0) is 6.42 Å². The minimum atomic E-state index is 0. The molecular weight excluding hydrogens is 351 g/mol. The molecule has 0 spiro atoms. The number of hydrogen-bond donors (Lipinski definition) is 3. The number of hydrogen-bond acceptors (Lipinski definition) is 3. The minimum Gasteiger partial charge on any atom is -0.358 e. The molecule has 19 heavy (non-hydrogen) atoms. The third-order valence-electron chi connectivity index (χ3n) is 3.17.